The summed E-state index contributed by atoms with van der Waals surface area (Å²) < 4.78 is 5.24. The molecular weight excluding hydrogens is 340 g/mol. The van der Waals surface area contributed by atoms with Gasteiger partial charge in [0.05, 0.1) is 12.4 Å². The van der Waals surface area contributed by atoms with Gasteiger partial charge in [0, 0.05) is 5.54 Å². The summed E-state index contributed by atoms with van der Waals surface area (Å²) in [5, 5.41) is 13.4. The Labute approximate surface area is 142 Å². The van der Waals surface area contributed by atoms with Crippen LogP contribution in [0.5, 0.6) is 0 Å². The number of aromatic nitrogens is 2. The monoisotopic (exact) mass is 360 g/mol. The molecule has 0 saturated heterocycles. The largest absolute Gasteiger partial charge is 0.466 e. The Hall–Kier alpha value is -1.68. The van der Waals surface area contributed by atoms with Crippen LogP contribution in [0.2, 0.25) is 0 Å². The van der Waals surface area contributed by atoms with Gasteiger partial charge >= 0.3 is 12.0 Å². The predicted molar refractivity (Wildman–Crippen MR) is 88.8 cm³/mol. The van der Waals surface area contributed by atoms with Gasteiger partial charge in [0.25, 0.3) is 0 Å². The van der Waals surface area contributed by atoms with E-state index in [1.54, 1.807) is 6.92 Å². The average Bonchev–Trinajstić information content (AvgIpc) is 2.81. The third-order valence-electron chi connectivity index (χ3n) is 2.12. The summed E-state index contributed by atoms with van der Waals surface area (Å²) in [6.07, 6.45) is -0.251. The van der Waals surface area contributed by atoms with Gasteiger partial charge in [-0.25, -0.2) is 4.79 Å². The van der Waals surface area contributed by atoms with Crippen LogP contribution in [0.4, 0.5) is 9.93 Å². The molecule has 2 N–H and O–H groups in total. The molecular formula is C13H20N4O4S2. The number of hydrogen-bond donors (Lipinski definition) is 2. The van der Waals surface area contributed by atoms with Crippen LogP contribution in [-0.2, 0) is 14.3 Å². The number of thioether (sulfide) groups is 1. The molecule has 1 rings (SSSR count). The normalized spacial score (nSPS) is 11.0. The third kappa shape index (κ3) is 8.50. The van der Waals surface area contributed by atoms with E-state index in [1.165, 1.54) is 11.8 Å². The molecule has 8 nitrogen and oxygen atoms in total. The topological polar surface area (TPSA) is 110 Å². The maximum absolute atomic E-state index is 11.7. The number of nitrogens with one attached hydrogen (secondary N) is 2. The highest BCUT2D eigenvalue weighted by Gasteiger charge is 2.16. The van der Waals surface area contributed by atoms with E-state index in [-0.39, 0.29) is 36.1 Å². The molecule has 1 aromatic heterocycles. The molecule has 0 aliphatic heterocycles. The highest BCUT2D eigenvalue weighted by molar-refractivity contribution is 8.01. The first kappa shape index (κ1) is 19.4. The molecule has 0 atom stereocenters. The van der Waals surface area contributed by atoms with Crippen molar-refractivity contribution < 1.29 is 19.1 Å². The van der Waals surface area contributed by atoms with Crippen molar-refractivity contribution in [2.24, 2.45) is 0 Å². The molecule has 23 heavy (non-hydrogen) atoms. The van der Waals surface area contributed by atoms with Crippen molar-refractivity contribution in [3.8, 4) is 0 Å². The molecule has 0 aliphatic carbocycles. The van der Waals surface area contributed by atoms with E-state index in [0.717, 1.165) is 11.3 Å². The van der Waals surface area contributed by atoms with E-state index in [1.807, 2.05) is 20.8 Å². The molecule has 0 spiro atoms. The number of carbonyl (C=O) groups is 3. The Bertz CT molecular complexity index is 569. The van der Waals surface area contributed by atoms with E-state index in [9.17, 15) is 14.4 Å². The Balaban J connectivity index is 2.40. The summed E-state index contributed by atoms with van der Waals surface area (Å²) >= 11 is 2.32. The SMILES string of the molecule is CCOC(=O)CC(=O)CSc1nnc(NC(=O)NC(C)(C)C)s1. The zero-order chi connectivity index (χ0) is 17.5. The first-order valence-electron chi connectivity index (χ1n) is 6.92. The first-order chi connectivity index (χ1) is 10.7. The zero-order valence-corrected chi connectivity index (χ0v) is 15.1. The van der Waals surface area contributed by atoms with E-state index < -0.39 is 5.97 Å². The molecule has 1 heterocycles. The summed E-state index contributed by atoms with van der Waals surface area (Å²) in [6.45, 7) is 7.53. The van der Waals surface area contributed by atoms with Crippen LogP contribution in [-0.4, -0.2) is 45.9 Å². The van der Waals surface area contributed by atoms with Gasteiger partial charge in [-0.3, -0.25) is 14.9 Å². The molecule has 0 saturated carbocycles. The minimum atomic E-state index is -0.531. The summed E-state index contributed by atoms with van der Waals surface area (Å²) in [4.78, 5) is 34.5. The van der Waals surface area contributed by atoms with Crippen molar-refractivity contribution in [3.05, 3.63) is 0 Å². The number of anilines is 1. The molecule has 0 radical (unpaired) electrons. The molecule has 0 fully saturated rings. The van der Waals surface area contributed by atoms with Gasteiger partial charge < -0.3 is 10.1 Å². The lowest BCUT2D eigenvalue weighted by Gasteiger charge is -2.19. The van der Waals surface area contributed by atoms with Crippen molar-refractivity contribution in [1.29, 1.82) is 0 Å². The molecule has 128 valence electrons. The number of hydrogen-bond acceptors (Lipinski definition) is 8. The minimum absolute atomic E-state index is 0.0988. The Morgan fingerprint density at radius 1 is 1.26 bits per heavy atom. The fraction of sp³-hybridized carbons (Fsp3) is 0.615. The highest BCUT2D eigenvalue weighted by Crippen LogP contribution is 2.25. The van der Waals surface area contributed by atoms with E-state index in [4.69, 9.17) is 4.74 Å². The lowest BCUT2D eigenvalue weighted by Crippen LogP contribution is -2.43. The lowest BCUT2D eigenvalue weighted by atomic mass is 10.1. The van der Waals surface area contributed by atoms with E-state index >= 15 is 0 Å². The number of nitrogens with zero attached hydrogens (tertiary/aromatic N) is 2. The second-order valence-electron chi connectivity index (χ2n) is 5.51. The van der Waals surface area contributed by atoms with E-state index in [2.05, 4.69) is 20.8 Å². The number of Topliss-reactive ketones (excluding diaryl/α,β-unsaturated/α-hetero) is 1. The van der Waals surface area contributed by atoms with Crippen LogP contribution in [0.3, 0.4) is 0 Å². The number of esters is 1. The third-order valence-corrected chi connectivity index (χ3v) is 4.15. The van der Waals surface area contributed by atoms with Crippen LogP contribution in [0, 0.1) is 0 Å². The minimum Gasteiger partial charge on any atom is -0.466 e. The highest BCUT2D eigenvalue weighted by atomic mass is 32.2. The number of ketones is 1. The second-order valence-corrected chi connectivity index (χ2v) is 7.71. The Kier molecular flexibility index (Phi) is 7.43. The number of amides is 2. The first-order valence-corrected chi connectivity index (χ1v) is 8.72. The molecule has 2 amide bonds. The van der Waals surface area contributed by atoms with Crippen LogP contribution in [0.1, 0.15) is 34.1 Å². The summed E-state index contributed by atoms with van der Waals surface area (Å²) in [7, 11) is 0. The van der Waals surface area contributed by atoms with Gasteiger partial charge in [0.1, 0.15) is 6.42 Å². The summed E-state index contributed by atoms with van der Waals surface area (Å²) in [5.41, 5.74) is -0.355. The van der Waals surface area contributed by atoms with Gasteiger partial charge in [0.2, 0.25) is 5.13 Å². The number of carbonyl (C=O) groups excluding carboxylic acids is 3. The molecule has 0 unspecified atom stereocenters. The molecule has 0 aromatic carbocycles. The summed E-state index contributed by atoms with van der Waals surface area (Å²) in [5.74, 6) is -0.679. The number of ether oxygens (including phenoxy) is 1. The van der Waals surface area contributed by atoms with Crippen molar-refractivity contribution in [3.63, 3.8) is 0 Å². The van der Waals surface area contributed by atoms with Gasteiger partial charge in [-0.05, 0) is 27.7 Å². The van der Waals surface area contributed by atoms with Crippen LogP contribution in [0.25, 0.3) is 0 Å². The smallest absolute Gasteiger partial charge is 0.321 e. The maximum Gasteiger partial charge on any atom is 0.321 e. The second kappa shape index (κ2) is 8.82. The summed E-state index contributed by atoms with van der Waals surface area (Å²) in [6, 6.07) is -0.372. The molecule has 0 bridgehead atoms. The molecule has 10 heteroatoms. The van der Waals surface area contributed by atoms with Gasteiger partial charge in [-0.15, -0.1) is 10.2 Å². The van der Waals surface area contributed by atoms with Crippen molar-refractivity contribution in [1.82, 2.24) is 15.5 Å². The zero-order valence-electron chi connectivity index (χ0n) is 13.5. The van der Waals surface area contributed by atoms with Crippen molar-refractivity contribution in [2.45, 2.75) is 44.0 Å². The lowest BCUT2D eigenvalue weighted by molar-refractivity contribution is -0.145. The fourth-order valence-electron chi connectivity index (χ4n) is 1.35. The van der Waals surface area contributed by atoms with Crippen LogP contribution < -0.4 is 10.6 Å². The van der Waals surface area contributed by atoms with Crippen LogP contribution >= 0.6 is 23.1 Å². The van der Waals surface area contributed by atoms with Gasteiger partial charge in [-0.2, -0.15) is 0 Å². The van der Waals surface area contributed by atoms with Gasteiger partial charge in [-0.1, -0.05) is 23.1 Å². The quantitative estimate of drug-likeness (QED) is 0.331. The number of urea groups is 1. The average molecular weight is 360 g/mol. The predicted octanol–water partition coefficient (Wildman–Crippen LogP) is 2.07. The van der Waals surface area contributed by atoms with Crippen LogP contribution in [0.15, 0.2) is 4.34 Å². The number of rotatable bonds is 7. The van der Waals surface area contributed by atoms with Crippen molar-refractivity contribution in [2.75, 3.05) is 17.7 Å². The molecule has 1 aromatic rings. The maximum atomic E-state index is 11.7. The van der Waals surface area contributed by atoms with Crippen molar-refractivity contribution >= 4 is 46.0 Å². The standard InChI is InChI=1S/C13H20N4O4S2/c1-5-21-9(19)6-8(18)7-22-12-17-16-11(23-12)14-10(20)15-13(2,3)4/h5-7H2,1-4H3,(H2,14,15,16,20). The Morgan fingerprint density at radius 3 is 2.57 bits per heavy atom. The molecule has 0 aliphatic rings. The Morgan fingerprint density at radius 2 is 1.96 bits per heavy atom. The fourth-order valence-corrected chi connectivity index (χ4v) is 2.96. The van der Waals surface area contributed by atoms with E-state index in [0.29, 0.717) is 9.47 Å². The van der Waals surface area contributed by atoms with Gasteiger partial charge in [0.15, 0.2) is 10.1 Å².